The van der Waals surface area contributed by atoms with Crippen molar-refractivity contribution >= 4 is 11.9 Å². The fraction of sp³-hybridized carbons (Fsp3) is 1.00. The summed E-state index contributed by atoms with van der Waals surface area (Å²) in [6.07, 6.45) is 2.55. The van der Waals surface area contributed by atoms with Crippen LogP contribution in [-0.2, 0) is 0 Å². The minimum atomic E-state index is 0.725. The molecule has 1 heterocycles. The highest BCUT2D eigenvalue weighted by Gasteiger charge is 2.16. The second-order valence-electron chi connectivity index (χ2n) is 2.77. The zero-order valence-corrected chi connectivity index (χ0v) is 7.36. The fourth-order valence-corrected chi connectivity index (χ4v) is 1.84. The van der Waals surface area contributed by atoms with E-state index >= 15 is 0 Å². The van der Waals surface area contributed by atoms with E-state index in [0.717, 1.165) is 5.25 Å². The summed E-state index contributed by atoms with van der Waals surface area (Å²) in [5.41, 5.74) is 0. The molecule has 3 heteroatoms. The maximum atomic E-state index is 5.49. The van der Waals surface area contributed by atoms with Gasteiger partial charge in [0.05, 0.1) is 0 Å². The van der Waals surface area contributed by atoms with Crippen molar-refractivity contribution < 1.29 is 0 Å². The van der Waals surface area contributed by atoms with Crippen molar-refractivity contribution in [3.63, 3.8) is 0 Å². The van der Waals surface area contributed by atoms with Crippen LogP contribution >= 0.6 is 11.9 Å². The van der Waals surface area contributed by atoms with Crippen LogP contribution in [0.15, 0.2) is 0 Å². The van der Waals surface area contributed by atoms with Gasteiger partial charge in [-0.1, -0.05) is 18.9 Å². The Kier molecular flexibility index (Phi) is 3.52. The first-order chi connectivity index (χ1) is 4.86. The largest absolute Gasteiger partial charge is 0.304 e. The summed E-state index contributed by atoms with van der Waals surface area (Å²) in [7, 11) is 0. The molecule has 60 valence electrons. The van der Waals surface area contributed by atoms with Gasteiger partial charge in [0.15, 0.2) is 0 Å². The van der Waals surface area contributed by atoms with Crippen LogP contribution in [0.25, 0.3) is 0 Å². The molecule has 1 fully saturated rings. The number of hydrogen-bond acceptors (Lipinski definition) is 3. The van der Waals surface area contributed by atoms with E-state index in [4.69, 9.17) is 5.14 Å². The maximum absolute atomic E-state index is 5.49. The molecule has 1 rings (SSSR count). The highest BCUT2D eigenvalue weighted by atomic mass is 32.2. The average molecular weight is 160 g/mol. The number of hydrogen-bond donors (Lipinski definition) is 1. The molecular formula is C7H16N2S. The molecule has 2 nitrogen and oxygen atoms in total. The second-order valence-corrected chi connectivity index (χ2v) is 3.71. The van der Waals surface area contributed by atoms with Gasteiger partial charge in [0, 0.05) is 5.25 Å². The first-order valence-electron chi connectivity index (χ1n) is 3.94. The van der Waals surface area contributed by atoms with Gasteiger partial charge in [-0.25, -0.2) is 0 Å². The predicted octanol–water partition coefficient (Wildman–Crippen LogP) is 1.08. The third-order valence-electron chi connectivity index (χ3n) is 2.17. The number of nitrogens with two attached hydrogens (primary N) is 1. The number of nitrogens with zero attached hydrogens (tertiary/aromatic N) is 1. The lowest BCUT2D eigenvalue weighted by molar-refractivity contribution is 0.244. The van der Waals surface area contributed by atoms with E-state index in [1.54, 1.807) is 0 Å². The molecular weight excluding hydrogens is 144 g/mol. The Morgan fingerprint density at radius 2 is 2.10 bits per heavy atom. The quantitative estimate of drug-likeness (QED) is 0.613. The number of likely N-dealkylation sites (tertiary alicyclic amines) is 1. The van der Waals surface area contributed by atoms with E-state index in [9.17, 15) is 0 Å². The third-order valence-corrected chi connectivity index (χ3v) is 3.03. The molecule has 0 saturated carbocycles. The standard InChI is InChI=1S/C7H16N2S/c1-2-9-5-3-7(10-8)4-6-9/h7H,2-6,8H2,1H3. The van der Waals surface area contributed by atoms with Gasteiger partial charge >= 0.3 is 0 Å². The minimum absolute atomic E-state index is 0.725. The van der Waals surface area contributed by atoms with Gasteiger partial charge in [0.1, 0.15) is 0 Å². The van der Waals surface area contributed by atoms with Crippen LogP contribution in [0.5, 0.6) is 0 Å². The van der Waals surface area contributed by atoms with Crippen molar-refractivity contribution in [2.45, 2.75) is 25.0 Å². The normalized spacial score (nSPS) is 23.4. The van der Waals surface area contributed by atoms with Gasteiger partial charge in [-0.05, 0) is 32.5 Å². The topological polar surface area (TPSA) is 29.3 Å². The fourth-order valence-electron chi connectivity index (χ4n) is 1.36. The third kappa shape index (κ3) is 2.15. The van der Waals surface area contributed by atoms with Gasteiger partial charge in [0.25, 0.3) is 0 Å². The Labute approximate surface area is 67.3 Å². The van der Waals surface area contributed by atoms with Gasteiger partial charge in [0.2, 0.25) is 0 Å². The van der Waals surface area contributed by atoms with Gasteiger partial charge in [-0.15, -0.1) is 0 Å². The zero-order chi connectivity index (χ0) is 7.40. The van der Waals surface area contributed by atoms with Gasteiger partial charge in [-0.3, -0.25) is 5.14 Å². The maximum Gasteiger partial charge on any atom is 0.0215 e. The van der Waals surface area contributed by atoms with E-state index in [2.05, 4.69) is 11.8 Å². The average Bonchev–Trinajstić information content (AvgIpc) is 2.05. The van der Waals surface area contributed by atoms with E-state index < -0.39 is 0 Å². The lowest BCUT2D eigenvalue weighted by Gasteiger charge is -2.29. The summed E-state index contributed by atoms with van der Waals surface area (Å²) in [6, 6.07) is 0. The molecule has 2 N–H and O–H groups in total. The number of piperidine rings is 1. The molecule has 0 aromatic carbocycles. The van der Waals surface area contributed by atoms with Crippen molar-refractivity contribution in [2.24, 2.45) is 5.14 Å². The molecule has 1 aliphatic rings. The minimum Gasteiger partial charge on any atom is -0.304 e. The Morgan fingerprint density at radius 3 is 2.50 bits per heavy atom. The number of rotatable bonds is 2. The summed E-state index contributed by atoms with van der Waals surface area (Å²) >= 11 is 1.53. The lowest BCUT2D eigenvalue weighted by atomic mass is 10.1. The molecule has 1 saturated heterocycles. The lowest BCUT2D eigenvalue weighted by Crippen LogP contribution is -2.34. The van der Waals surface area contributed by atoms with Crippen LogP contribution < -0.4 is 5.14 Å². The highest BCUT2D eigenvalue weighted by molar-refractivity contribution is 7.97. The van der Waals surface area contributed by atoms with E-state index in [1.165, 1.54) is 44.4 Å². The van der Waals surface area contributed by atoms with Crippen molar-refractivity contribution in [2.75, 3.05) is 19.6 Å². The Hall–Kier alpha value is 0.270. The highest BCUT2D eigenvalue weighted by Crippen LogP contribution is 2.18. The SMILES string of the molecule is CCN1CCC(SN)CC1. The van der Waals surface area contributed by atoms with Crippen LogP contribution in [0, 0.1) is 0 Å². The molecule has 1 aliphatic heterocycles. The van der Waals surface area contributed by atoms with E-state index in [0.29, 0.717) is 0 Å². The summed E-state index contributed by atoms with van der Waals surface area (Å²) < 4.78 is 0. The summed E-state index contributed by atoms with van der Waals surface area (Å²) in [5.74, 6) is 0. The molecule has 0 unspecified atom stereocenters. The Bertz CT molecular complexity index is 77.6. The summed E-state index contributed by atoms with van der Waals surface area (Å²) in [5, 5.41) is 6.21. The Morgan fingerprint density at radius 1 is 1.50 bits per heavy atom. The predicted molar refractivity (Wildman–Crippen MR) is 46.9 cm³/mol. The van der Waals surface area contributed by atoms with Crippen molar-refractivity contribution in [3.8, 4) is 0 Å². The molecule has 10 heavy (non-hydrogen) atoms. The molecule has 0 aliphatic carbocycles. The molecule has 0 radical (unpaired) electrons. The van der Waals surface area contributed by atoms with Crippen LogP contribution in [0.3, 0.4) is 0 Å². The molecule has 0 bridgehead atoms. The zero-order valence-electron chi connectivity index (χ0n) is 6.55. The van der Waals surface area contributed by atoms with Crippen LogP contribution in [0.1, 0.15) is 19.8 Å². The van der Waals surface area contributed by atoms with Crippen molar-refractivity contribution in [3.05, 3.63) is 0 Å². The van der Waals surface area contributed by atoms with Crippen LogP contribution in [-0.4, -0.2) is 29.8 Å². The first-order valence-corrected chi connectivity index (χ1v) is 4.89. The van der Waals surface area contributed by atoms with E-state index in [1.807, 2.05) is 0 Å². The van der Waals surface area contributed by atoms with Crippen LogP contribution in [0.2, 0.25) is 0 Å². The van der Waals surface area contributed by atoms with Gasteiger partial charge in [-0.2, -0.15) is 0 Å². The molecule has 0 aromatic rings. The van der Waals surface area contributed by atoms with E-state index in [-0.39, 0.29) is 0 Å². The first kappa shape index (κ1) is 8.37. The summed E-state index contributed by atoms with van der Waals surface area (Å²) in [4.78, 5) is 2.48. The monoisotopic (exact) mass is 160 g/mol. The molecule has 0 spiro atoms. The summed E-state index contributed by atoms with van der Waals surface area (Å²) in [6.45, 7) is 5.90. The Balaban J connectivity index is 2.17. The van der Waals surface area contributed by atoms with Crippen molar-refractivity contribution in [1.29, 1.82) is 0 Å². The van der Waals surface area contributed by atoms with Gasteiger partial charge < -0.3 is 4.90 Å². The van der Waals surface area contributed by atoms with Crippen LogP contribution in [0.4, 0.5) is 0 Å². The molecule has 0 aromatic heterocycles. The molecule has 0 amide bonds. The second kappa shape index (κ2) is 4.21. The molecule has 0 atom stereocenters. The smallest absolute Gasteiger partial charge is 0.0215 e. The van der Waals surface area contributed by atoms with Crippen molar-refractivity contribution in [1.82, 2.24) is 4.90 Å².